The quantitative estimate of drug-likeness (QED) is 0.864. The fourth-order valence-corrected chi connectivity index (χ4v) is 1.42. The Bertz CT molecular complexity index is 532. The number of aromatic nitrogens is 5. The highest BCUT2D eigenvalue weighted by Crippen LogP contribution is 2.11. The van der Waals surface area contributed by atoms with E-state index < -0.39 is 0 Å². The zero-order valence-corrected chi connectivity index (χ0v) is 11.0. The Labute approximate surface area is 106 Å². The van der Waals surface area contributed by atoms with Gasteiger partial charge in [0.05, 0.1) is 5.69 Å². The molecule has 0 spiro atoms. The maximum absolute atomic E-state index is 4.36. The van der Waals surface area contributed by atoms with Gasteiger partial charge in [-0.2, -0.15) is 20.1 Å². The van der Waals surface area contributed by atoms with Crippen LogP contribution < -0.4 is 10.2 Å². The Balaban J connectivity index is 2.45. The summed E-state index contributed by atoms with van der Waals surface area (Å²) in [6.07, 6.45) is 1.83. The van der Waals surface area contributed by atoms with Gasteiger partial charge >= 0.3 is 0 Å². The molecule has 0 amide bonds. The molecule has 2 heterocycles. The van der Waals surface area contributed by atoms with Crippen molar-refractivity contribution in [3.8, 4) is 5.95 Å². The van der Waals surface area contributed by atoms with E-state index in [-0.39, 0.29) is 0 Å². The molecule has 2 aromatic heterocycles. The largest absolute Gasteiger partial charge is 0.354 e. The second kappa shape index (κ2) is 4.99. The molecular formula is C11H17N7. The molecule has 7 nitrogen and oxygen atoms in total. The molecule has 0 bridgehead atoms. The van der Waals surface area contributed by atoms with Gasteiger partial charge in [0.2, 0.25) is 11.9 Å². The summed E-state index contributed by atoms with van der Waals surface area (Å²) in [5.74, 6) is 1.67. The van der Waals surface area contributed by atoms with Crippen molar-refractivity contribution in [3.63, 3.8) is 0 Å². The van der Waals surface area contributed by atoms with E-state index in [2.05, 4.69) is 25.4 Å². The highest BCUT2D eigenvalue weighted by molar-refractivity contribution is 5.38. The molecule has 0 atom stereocenters. The fraction of sp³-hybridized carbons (Fsp3) is 0.455. The van der Waals surface area contributed by atoms with E-state index in [1.807, 2.05) is 45.1 Å². The molecule has 0 aromatic carbocycles. The zero-order chi connectivity index (χ0) is 13.1. The first kappa shape index (κ1) is 12.3. The molecule has 0 fully saturated rings. The molecule has 96 valence electrons. The van der Waals surface area contributed by atoms with Crippen LogP contribution in [0.2, 0.25) is 0 Å². The Morgan fingerprint density at radius 2 is 2.06 bits per heavy atom. The first-order valence-electron chi connectivity index (χ1n) is 5.80. The normalized spacial score (nSPS) is 10.4. The summed E-state index contributed by atoms with van der Waals surface area (Å²) in [6, 6.07) is 1.91. The van der Waals surface area contributed by atoms with Gasteiger partial charge in [-0.15, -0.1) is 0 Å². The number of anilines is 2. The molecule has 0 aliphatic rings. The third kappa shape index (κ3) is 2.55. The van der Waals surface area contributed by atoms with Crippen molar-refractivity contribution in [1.29, 1.82) is 0 Å². The summed E-state index contributed by atoms with van der Waals surface area (Å²) in [6.45, 7) is 4.68. The summed E-state index contributed by atoms with van der Waals surface area (Å²) in [5, 5.41) is 7.39. The van der Waals surface area contributed by atoms with Gasteiger partial charge in [-0.05, 0) is 19.9 Å². The smallest absolute Gasteiger partial charge is 0.257 e. The highest BCUT2D eigenvalue weighted by Gasteiger charge is 2.09. The van der Waals surface area contributed by atoms with Crippen LogP contribution in [-0.4, -0.2) is 45.4 Å². The van der Waals surface area contributed by atoms with Crippen LogP contribution in [0.4, 0.5) is 11.9 Å². The molecule has 0 radical (unpaired) electrons. The average molecular weight is 247 g/mol. The molecule has 1 N–H and O–H groups in total. The molecule has 2 rings (SSSR count). The average Bonchev–Trinajstić information content (AvgIpc) is 2.76. The Kier molecular flexibility index (Phi) is 3.40. The van der Waals surface area contributed by atoms with Crippen LogP contribution in [0.25, 0.3) is 5.95 Å². The van der Waals surface area contributed by atoms with Crippen molar-refractivity contribution in [2.24, 2.45) is 0 Å². The van der Waals surface area contributed by atoms with Crippen LogP contribution >= 0.6 is 0 Å². The minimum absolute atomic E-state index is 0.512. The molecule has 0 aliphatic carbocycles. The lowest BCUT2D eigenvalue weighted by Crippen LogP contribution is -2.17. The first-order valence-corrected chi connectivity index (χ1v) is 5.80. The monoisotopic (exact) mass is 247 g/mol. The minimum atomic E-state index is 0.512. The van der Waals surface area contributed by atoms with Gasteiger partial charge in [-0.1, -0.05) is 0 Å². The summed E-state index contributed by atoms with van der Waals surface area (Å²) in [4.78, 5) is 14.8. The van der Waals surface area contributed by atoms with Gasteiger partial charge in [-0.3, -0.25) is 0 Å². The summed E-state index contributed by atoms with van der Waals surface area (Å²) in [7, 11) is 3.78. The van der Waals surface area contributed by atoms with Crippen molar-refractivity contribution in [2.45, 2.75) is 13.8 Å². The van der Waals surface area contributed by atoms with Crippen molar-refractivity contribution in [3.05, 3.63) is 18.0 Å². The predicted molar refractivity (Wildman–Crippen MR) is 70.2 cm³/mol. The molecule has 0 aliphatic heterocycles. The Morgan fingerprint density at radius 3 is 2.61 bits per heavy atom. The van der Waals surface area contributed by atoms with Crippen LogP contribution in [0.3, 0.4) is 0 Å². The van der Waals surface area contributed by atoms with E-state index in [4.69, 9.17) is 0 Å². The van der Waals surface area contributed by atoms with Gasteiger partial charge in [0.1, 0.15) is 0 Å². The van der Waals surface area contributed by atoms with Gasteiger partial charge in [0.15, 0.2) is 0 Å². The maximum atomic E-state index is 4.36. The van der Waals surface area contributed by atoms with Crippen LogP contribution in [0.1, 0.15) is 12.6 Å². The number of rotatable bonds is 4. The van der Waals surface area contributed by atoms with Gasteiger partial charge in [-0.25, -0.2) is 4.68 Å². The Hall–Kier alpha value is -2.18. The highest BCUT2D eigenvalue weighted by atomic mass is 15.4. The minimum Gasteiger partial charge on any atom is -0.354 e. The molecule has 0 saturated carbocycles. The van der Waals surface area contributed by atoms with E-state index in [1.54, 1.807) is 4.68 Å². The van der Waals surface area contributed by atoms with Gasteiger partial charge < -0.3 is 10.2 Å². The van der Waals surface area contributed by atoms with Crippen molar-refractivity contribution >= 4 is 11.9 Å². The summed E-state index contributed by atoms with van der Waals surface area (Å²) >= 11 is 0. The zero-order valence-electron chi connectivity index (χ0n) is 11.0. The molecule has 7 heteroatoms. The molecule has 0 saturated heterocycles. The van der Waals surface area contributed by atoms with Crippen LogP contribution in [0.15, 0.2) is 12.3 Å². The van der Waals surface area contributed by atoms with E-state index >= 15 is 0 Å². The van der Waals surface area contributed by atoms with Crippen molar-refractivity contribution in [2.75, 3.05) is 30.9 Å². The lowest BCUT2D eigenvalue weighted by Gasteiger charge is -2.12. The van der Waals surface area contributed by atoms with E-state index in [0.29, 0.717) is 17.8 Å². The lowest BCUT2D eigenvalue weighted by molar-refractivity contribution is 0.780. The van der Waals surface area contributed by atoms with Crippen molar-refractivity contribution < 1.29 is 0 Å². The van der Waals surface area contributed by atoms with E-state index in [0.717, 1.165) is 12.2 Å². The molecule has 0 unspecified atom stereocenters. The van der Waals surface area contributed by atoms with Crippen LogP contribution in [-0.2, 0) is 0 Å². The summed E-state index contributed by atoms with van der Waals surface area (Å²) < 4.78 is 1.64. The van der Waals surface area contributed by atoms with E-state index in [9.17, 15) is 0 Å². The number of aryl methyl sites for hydroxylation is 1. The van der Waals surface area contributed by atoms with E-state index in [1.165, 1.54) is 0 Å². The molecular weight excluding hydrogens is 230 g/mol. The number of nitrogens with zero attached hydrogens (tertiary/aromatic N) is 6. The third-order valence-corrected chi connectivity index (χ3v) is 2.27. The topological polar surface area (TPSA) is 71.8 Å². The predicted octanol–water partition coefficient (Wildman–Crippen LogP) is 0.864. The molecule has 18 heavy (non-hydrogen) atoms. The fourth-order valence-electron chi connectivity index (χ4n) is 1.42. The number of hydrogen-bond donors (Lipinski definition) is 1. The summed E-state index contributed by atoms with van der Waals surface area (Å²) in [5.41, 5.74) is 0.923. The molecule has 2 aromatic rings. The second-order valence-electron chi connectivity index (χ2n) is 4.09. The standard InChI is InChI=1S/C11H17N7/c1-5-12-9-13-10(17(3)4)15-11(14-9)18-7-6-8(2)16-18/h6-7H,5H2,1-4H3,(H,12,13,14,15). The lowest BCUT2D eigenvalue weighted by atomic mass is 10.5. The van der Waals surface area contributed by atoms with Crippen LogP contribution in [0.5, 0.6) is 0 Å². The first-order chi connectivity index (χ1) is 8.60. The van der Waals surface area contributed by atoms with Crippen LogP contribution in [0, 0.1) is 6.92 Å². The number of nitrogens with one attached hydrogen (secondary N) is 1. The Morgan fingerprint density at radius 1 is 1.28 bits per heavy atom. The van der Waals surface area contributed by atoms with Gasteiger partial charge in [0, 0.05) is 26.8 Å². The maximum Gasteiger partial charge on any atom is 0.257 e. The SMILES string of the molecule is CCNc1nc(N(C)C)nc(-n2ccc(C)n2)n1. The number of hydrogen-bond acceptors (Lipinski definition) is 6. The van der Waals surface area contributed by atoms with Crippen molar-refractivity contribution in [1.82, 2.24) is 24.7 Å². The second-order valence-corrected chi connectivity index (χ2v) is 4.09. The third-order valence-electron chi connectivity index (χ3n) is 2.27. The van der Waals surface area contributed by atoms with Gasteiger partial charge in [0.25, 0.3) is 5.95 Å².